The largest absolute Gasteiger partial charge is 0.548 e. The lowest BCUT2D eigenvalue weighted by atomic mass is 10.2. The van der Waals surface area contributed by atoms with Crippen molar-refractivity contribution in [3.05, 3.63) is 27.1 Å². The molecule has 0 amide bonds. The number of thiophene rings is 1. The van der Waals surface area contributed by atoms with Crippen LogP contribution in [0, 0.1) is 0 Å². The highest BCUT2D eigenvalue weighted by molar-refractivity contribution is 7.18. The summed E-state index contributed by atoms with van der Waals surface area (Å²) in [6.45, 7) is 1.43. The van der Waals surface area contributed by atoms with Gasteiger partial charge in [-0.25, -0.2) is 4.98 Å². The summed E-state index contributed by atoms with van der Waals surface area (Å²) in [7, 11) is 0. The van der Waals surface area contributed by atoms with Gasteiger partial charge in [0.2, 0.25) is 0 Å². The van der Waals surface area contributed by atoms with Crippen molar-refractivity contribution >= 4 is 27.5 Å². The number of nitrogens with zero attached hydrogens (tertiary/aromatic N) is 2. The van der Waals surface area contributed by atoms with Crippen molar-refractivity contribution in [2.75, 3.05) is 0 Å². The highest BCUT2D eigenvalue weighted by Crippen LogP contribution is 2.34. The van der Waals surface area contributed by atoms with E-state index in [4.69, 9.17) is 0 Å². The number of fused-ring (bicyclic) bond motifs is 3. The molecule has 5 nitrogen and oxygen atoms in total. The maximum atomic E-state index is 12.3. The number of aliphatic carboxylic acids is 1. The van der Waals surface area contributed by atoms with E-state index < -0.39 is 12.0 Å². The second-order valence-corrected chi connectivity index (χ2v) is 5.57. The minimum Gasteiger partial charge on any atom is -0.548 e. The lowest BCUT2D eigenvalue weighted by Crippen LogP contribution is -2.36. The van der Waals surface area contributed by atoms with Crippen molar-refractivity contribution in [1.82, 2.24) is 9.55 Å². The fourth-order valence-electron chi connectivity index (χ4n) is 2.39. The van der Waals surface area contributed by atoms with Gasteiger partial charge in [-0.2, -0.15) is 0 Å². The van der Waals surface area contributed by atoms with Crippen LogP contribution in [0.4, 0.5) is 0 Å². The highest BCUT2D eigenvalue weighted by atomic mass is 32.1. The first-order chi connectivity index (χ1) is 8.59. The number of hydrogen-bond donors (Lipinski definition) is 0. The van der Waals surface area contributed by atoms with Gasteiger partial charge in [0.25, 0.3) is 5.56 Å². The van der Waals surface area contributed by atoms with Gasteiger partial charge in [0.15, 0.2) is 0 Å². The molecular formula is C12H11N2O3S-. The molecule has 1 atom stereocenters. The summed E-state index contributed by atoms with van der Waals surface area (Å²) in [6.07, 6.45) is 4.24. The molecule has 1 aliphatic rings. The molecule has 0 fully saturated rings. The Morgan fingerprint density at radius 1 is 1.56 bits per heavy atom. The third-order valence-electron chi connectivity index (χ3n) is 3.41. The first-order valence-electron chi connectivity index (χ1n) is 5.82. The van der Waals surface area contributed by atoms with E-state index in [0.29, 0.717) is 10.2 Å². The fraction of sp³-hybridized carbons (Fsp3) is 0.417. The zero-order chi connectivity index (χ0) is 12.9. The van der Waals surface area contributed by atoms with Crippen LogP contribution in [-0.4, -0.2) is 15.5 Å². The summed E-state index contributed by atoms with van der Waals surface area (Å²) >= 11 is 1.54. The third-order valence-corrected chi connectivity index (χ3v) is 4.61. The highest BCUT2D eigenvalue weighted by Gasteiger charge is 2.22. The number of hydrogen-bond acceptors (Lipinski definition) is 5. The Kier molecular flexibility index (Phi) is 2.48. The lowest BCUT2D eigenvalue weighted by Gasteiger charge is -2.15. The van der Waals surface area contributed by atoms with Crippen molar-refractivity contribution < 1.29 is 9.90 Å². The molecule has 0 aromatic carbocycles. The number of rotatable bonds is 2. The van der Waals surface area contributed by atoms with E-state index >= 15 is 0 Å². The van der Waals surface area contributed by atoms with Crippen LogP contribution in [0.15, 0.2) is 11.1 Å². The first-order valence-corrected chi connectivity index (χ1v) is 6.63. The van der Waals surface area contributed by atoms with Crippen molar-refractivity contribution in [1.29, 1.82) is 0 Å². The molecule has 0 spiro atoms. The Hall–Kier alpha value is -1.69. The van der Waals surface area contributed by atoms with Crippen LogP contribution >= 0.6 is 11.3 Å². The minimum atomic E-state index is -1.27. The van der Waals surface area contributed by atoms with Gasteiger partial charge in [-0.1, -0.05) is 0 Å². The summed E-state index contributed by atoms with van der Waals surface area (Å²) in [6, 6.07) is -0.994. The molecule has 3 rings (SSSR count). The smallest absolute Gasteiger partial charge is 0.262 e. The minimum absolute atomic E-state index is 0.267. The molecule has 0 saturated heterocycles. The molecule has 1 aliphatic carbocycles. The molecule has 6 heteroatoms. The molecular weight excluding hydrogens is 252 g/mol. The number of aromatic nitrogens is 2. The van der Waals surface area contributed by atoms with E-state index in [1.165, 1.54) is 18.1 Å². The Bertz CT molecular complexity index is 701. The molecule has 2 aromatic rings. The topological polar surface area (TPSA) is 75.0 Å². The van der Waals surface area contributed by atoms with Crippen LogP contribution in [0.2, 0.25) is 0 Å². The average molecular weight is 263 g/mol. The number of carbonyl (C=O) groups excluding carboxylic acids is 1. The quantitative estimate of drug-likeness (QED) is 0.778. The van der Waals surface area contributed by atoms with Crippen molar-refractivity contribution in [3.8, 4) is 0 Å². The molecule has 94 valence electrons. The molecule has 0 saturated carbocycles. The monoisotopic (exact) mass is 263 g/mol. The van der Waals surface area contributed by atoms with Crippen LogP contribution in [0.5, 0.6) is 0 Å². The molecule has 2 heterocycles. The molecule has 0 radical (unpaired) electrons. The van der Waals surface area contributed by atoms with Crippen LogP contribution < -0.4 is 10.7 Å². The molecule has 0 bridgehead atoms. The fourth-order valence-corrected chi connectivity index (χ4v) is 3.61. The zero-order valence-corrected chi connectivity index (χ0v) is 10.6. The summed E-state index contributed by atoms with van der Waals surface area (Å²) in [4.78, 5) is 29.3. The maximum absolute atomic E-state index is 12.3. The number of carboxylic acid groups (broad SMARTS) is 1. The number of aryl methyl sites for hydroxylation is 2. The van der Waals surface area contributed by atoms with E-state index in [-0.39, 0.29) is 5.56 Å². The molecule has 18 heavy (non-hydrogen) atoms. The van der Waals surface area contributed by atoms with Crippen molar-refractivity contribution in [2.45, 2.75) is 32.2 Å². The normalized spacial score (nSPS) is 15.8. The van der Waals surface area contributed by atoms with Gasteiger partial charge in [0.1, 0.15) is 4.83 Å². The molecule has 1 unspecified atom stereocenters. The lowest BCUT2D eigenvalue weighted by molar-refractivity contribution is -0.309. The molecule has 0 aliphatic heterocycles. The predicted octanol–water partition coefficient (Wildman–Crippen LogP) is 0.258. The Morgan fingerprint density at radius 2 is 2.33 bits per heavy atom. The van der Waals surface area contributed by atoms with Gasteiger partial charge in [-0.05, 0) is 31.7 Å². The summed E-state index contributed by atoms with van der Waals surface area (Å²) in [5.74, 6) is -1.27. The van der Waals surface area contributed by atoms with E-state index in [2.05, 4.69) is 4.98 Å². The van der Waals surface area contributed by atoms with E-state index in [9.17, 15) is 14.7 Å². The van der Waals surface area contributed by atoms with Crippen molar-refractivity contribution in [2.24, 2.45) is 0 Å². The second kappa shape index (κ2) is 3.91. The average Bonchev–Trinajstić information content (AvgIpc) is 2.88. The predicted molar refractivity (Wildman–Crippen MR) is 65.6 cm³/mol. The van der Waals surface area contributed by atoms with Crippen molar-refractivity contribution in [3.63, 3.8) is 0 Å². The summed E-state index contributed by atoms with van der Waals surface area (Å²) < 4.78 is 1.14. The van der Waals surface area contributed by atoms with Gasteiger partial charge in [-0.15, -0.1) is 11.3 Å². The van der Waals surface area contributed by atoms with Gasteiger partial charge >= 0.3 is 0 Å². The summed E-state index contributed by atoms with van der Waals surface area (Å²) in [5.41, 5.74) is 0.795. The van der Waals surface area contributed by atoms with E-state index in [1.807, 2.05) is 0 Å². The summed E-state index contributed by atoms with van der Waals surface area (Å²) in [5, 5.41) is 11.5. The molecule has 0 N–H and O–H groups in total. The first kappa shape index (κ1) is 11.4. The standard InChI is InChI=1S/C12H12N2O3S/c1-6(12(16)17)14-5-13-10-9(11(14)15)7-3-2-4-8(7)18-10/h5-6H,2-4H2,1H3,(H,16,17)/p-1. The van der Waals surface area contributed by atoms with Gasteiger partial charge in [0, 0.05) is 4.88 Å². The molecule has 2 aromatic heterocycles. The van der Waals surface area contributed by atoms with Gasteiger partial charge in [0.05, 0.1) is 23.7 Å². The van der Waals surface area contributed by atoms with E-state index in [0.717, 1.165) is 29.4 Å². The van der Waals surface area contributed by atoms with Crippen LogP contribution in [0.1, 0.15) is 29.8 Å². The second-order valence-electron chi connectivity index (χ2n) is 4.49. The Labute approximate surface area is 107 Å². The maximum Gasteiger partial charge on any atom is 0.262 e. The van der Waals surface area contributed by atoms with Gasteiger partial charge in [-0.3, -0.25) is 9.36 Å². The van der Waals surface area contributed by atoms with E-state index in [1.54, 1.807) is 11.3 Å². The van der Waals surface area contributed by atoms with Crippen LogP contribution in [0.25, 0.3) is 10.2 Å². The number of carboxylic acids is 1. The van der Waals surface area contributed by atoms with Crippen LogP contribution in [-0.2, 0) is 17.6 Å². The third kappa shape index (κ3) is 1.49. The number of carbonyl (C=O) groups is 1. The Morgan fingerprint density at radius 3 is 3.06 bits per heavy atom. The van der Waals surface area contributed by atoms with Crippen LogP contribution in [0.3, 0.4) is 0 Å². The zero-order valence-electron chi connectivity index (χ0n) is 9.80. The van der Waals surface area contributed by atoms with Gasteiger partial charge < -0.3 is 9.90 Å². The Balaban J connectivity index is 2.29. The SMILES string of the molecule is CC(C(=O)[O-])n1cnc2sc3c(c2c1=O)CCC3.